The Morgan fingerprint density at radius 1 is 0.968 bits per heavy atom. The molecule has 1 fully saturated rings. The van der Waals surface area contributed by atoms with Crippen molar-refractivity contribution in [3.63, 3.8) is 0 Å². The van der Waals surface area contributed by atoms with Crippen LogP contribution in [-0.4, -0.2) is 42.6 Å². The second kappa shape index (κ2) is 8.87. The van der Waals surface area contributed by atoms with E-state index in [-0.39, 0.29) is 0 Å². The number of hydrogen-bond acceptors (Lipinski definition) is 5. The summed E-state index contributed by atoms with van der Waals surface area (Å²) in [6.07, 6.45) is 1.06. The number of benzene rings is 3. The van der Waals surface area contributed by atoms with Gasteiger partial charge in [0, 0.05) is 59.8 Å². The van der Waals surface area contributed by atoms with Gasteiger partial charge in [-0.1, -0.05) is 54.1 Å². The number of rotatable bonds is 5. The van der Waals surface area contributed by atoms with Crippen molar-refractivity contribution in [2.75, 3.05) is 43.4 Å². The van der Waals surface area contributed by atoms with Gasteiger partial charge >= 0.3 is 0 Å². The Bertz CT molecular complexity index is 1180. The van der Waals surface area contributed by atoms with Gasteiger partial charge in [0.2, 0.25) is 0 Å². The second-order valence-corrected chi connectivity index (χ2v) is 9.32. The minimum Gasteiger partial charge on any atom is -0.375 e. The minimum absolute atomic E-state index is 0.616. The van der Waals surface area contributed by atoms with Crippen molar-refractivity contribution in [3.05, 3.63) is 76.6 Å². The summed E-state index contributed by atoms with van der Waals surface area (Å²) in [6, 6.07) is 21.4. The first kappa shape index (κ1) is 20.3. The molecule has 1 saturated heterocycles. The number of halogens is 1. The van der Waals surface area contributed by atoms with E-state index in [2.05, 4.69) is 63.3 Å². The maximum atomic E-state index is 6.17. The Morgan fingerprint density at radius 2 is 1.77 bits per heavy atom. The maximum Gasteiger partial charge on any atom is 0.180 e. The van der Waals surface area contributed by atoms with Crippen LogP contribution in [0, 0.1) is 0 Å². The largest absolute Gasteiger partial charge is 0.375 e. The molecule has 0 aliphatic carbocycles. The third kappa shape index (κ3) is 4.54. The lowest BCUT2D eigenvalue weighted by Gasteiger charge is -2.36. The van der Waals surface area contributed by atoms with Crippen LogP contribution in [0.15, 0.2) is 66.0 Å². The van der Waals surface area contributed by atoms with E-state index in [4.69, 9.17) is 17.3 Å². The molecule has 1 aliphatic heterocycles. The minimum atomic E-state index is 0.616. The summed E-state index contributed by atoms with van der Waals surface area (Å²) in [7, 11) is 0. The average molecular weight is 449 g/mol. The molecule has 0 radical (unpaired) electrons. The number of hydrogen-bond donors (Lipinski definition) is 1. The summed E-state index contributed by atoms with van der Waals surface area (Å²) in [5.74, 6) is 0. The number of piperazine rings is 1. The molecule has 1 aromatic heterocycles. The van der Waals surface area contributed by atoms with Crippen molar-refractivity contribution >= 4 is 44.5 Å². The summed E-state index contributed by atoms with van der Waals surface area (Å²) < 4.78 is 0. The monoisotopic (exact) mass is 448 g/mol. The molecular formula is C25H25ClN4S. The van der Waals surface area contributed by atoms with Crippen LogP contribution in [-0.2, 0) is 6.42 Å². The summed E-state index contributed by atoms with van der Waals surface area (Å²) in [5, 5.41) is 5.90. The molecule has 1 aliphatic rings. The number of anilines is 2. The number of thiazole rings is 1. The molecule has 4 nitrogen and oxygen atoms in total. The fraction of sp³-hybridized carbons (Fsp3) is 0.240. The summed E-state index contributed by atoms with van der Waals surface area (Å²) in [4.78, 5) is 9.43. The zero-order valence-electron chi connectivity index (χ0n) is 17.3. The van der Waals surface area contributed by atoms with Gasteiger partial charge in [-0.25, -0.2) is 4.98 Å². The Hall–Kier alpha value is -2.60. The van der Waals surface area contributed by atoms with Crippen LogP contribution < -0.4 is 10.6 Å². The van der Waals surface area contributed by atoms with Gasteiger partial charge in [0.15, 0.2) is 5.13 Å². The number of nitrogens with zero attached hydrogens (tertiary/aromatic N) is 3. The first-order chi connectivity index (χ1) is 15.2. The molecule has 2 N–H and O–H groups in total. The third-order valence-electron chi connectivity index (χ3n) is 6.02. The van der Waals surface area contributed by atoms with Gasteiger partial charge in [-0.2, -0.15) is 0 Å². The third-order valence-corrected chi connectivity index (χ3v) is 6.93. The van der Waals surface area contributed by atoms with Gasteiger partial charge in [0.25, 0.3) is 0 Å². The Balaban J connectivity index is 1.17. The van der Waals surface area contributed by atoms with Crippen LogP contribution in [0.25, 0.3) is 22.0 Å². The van der Waals surface area contributed by atoms with Crippen LogP contribution in [0.3, 0.4) is 0 Å². The molecule has 2 heterocycles. The lowest BCUT2D eigenvalue weighted by molar-refractivity contribution is 0.261. The molecule has 0 spiro atoms. The lowest BCUT2D eigenvalue weighted by atomic mass is 10.1. The van der Waals surface area contributed by atoms with Gasteiger partial charge in [-0.05, 0) is 35.6 Å². The lowest BCUT2D eigenvalue weighted by Crippen LogP contribution is -2.47. The topological polar surface area (TPSA) is 45.4 Å². The van der Waals surface area contributed by atoms with Gasteiger partial charge in [-0.3, -0.25) is 4.90 Å². The van der Waals surface area contributed by atoms with Gasteiger partial charge < -0.3 is 10.6 Å². The highest BCUT2D eigenvalue weighted by molar-refractivity contribution is 7.13. The Kier molecular flexibility index (Phi) is 5.81. The number of nitrogen functional groups attached to an aromatic ring is 1. The van der Waals surface area contributed by atoms with Crippen molar-refractivity contribution in [3.8, 4) is 11.3 Å². The Labute approximate surface area is 191 Å². The predicted octanol–water partition coefficient (Wildman–Crippen LogP) is 5.56. The van der Waals surface area contributed by atoms with E-state index in [9.17, 15) is 0 Å². The SMILES string of the molecule is Nc1nc(-c2ccc(CCN3CCN(c4cccc5cc(Cl)ccc45)CC3)cc2)cs1. The van der Waals surface area contributed by atoms with Gasteiger partial charge in [0.05, 0.1) is 5.69 Å². The standard InChI is InChI=1S/C25H25ClN4S/c26-21-8-9-22-20(16-21)2-1-3-24(22)30-14-12-29(13-15-30)11-10-18-4-6-19(7-5-18)23-17-31-25(27)28-23/h1-9,16-17H,10-15H2,(H2,27,28). The van der Waals surface area contributed by atoms with Crippen LogP contribution in [0.5, 0.6) is 0 Å². The van der Waals surface area contributed by atoms with Crippen molar-refractivity contribution < 1.29 is 0 Å². The summed E-state index contributed by atoms with van der Waals surface area (Å²) >= 11 is 7.66. The zero-order valence-corrected chi connectivity index (χ0v) is 18.9. The molecule has 0 atom stereocenters. The van der Waals surface area contributed by atoms with E-state index in [1.165, 1.54) is 33.4 Å². The van der Waals surface area contributed by atoms with Crippen molar-refractivity contribution in [2.24, 2.45) is 0 Å². The van der Waals surface area contributed by atoms with E-state index >= 15 is 0 Å². The molecule has 4 aromatic rings. The molecule has 3 aromatic carbocycles. The van der Waals surface area contributed by atoms with E-state index in [0.29, 0.717) is 5.13 Å². The fourth-order valence-corrected chi connectivity index (χ4v) is 5.03. The van der Waals surface area contributed by atoms with E-state index in [1.807, 2.05) is 17.5 Å². The molecule has 0 amide bonds. The average Bonchev–Trinajstić information content (AvgIpc) is 3.24. The highest BCUT2D eigenvalue weighted by atomic mass is 35.5. The molecule has 0 unspecified atom stereocenters. The number of nitrogens with two attached hydrogens (primary N) is 1. The highest BCUT2D eigenvalue weighted by Gasteiger charge is 2.18. The molecule has 158 valence electrons. The zero-order chi connectivity index (χ0) is 21.2. The van der Waals surface area contributed by atoms with E-state index < -0.39 is 0 Å². The fourth-order valence-electron chi connectivity index (χ4n) is 4.28. The highest BCUT2D eigenvalue weighted by Crippen LogP contribution is 2.29. The summed E-state index contributed by atoms with van der Waals surface area (Å²) in [5.41, 5.74) is 10.5. The smallest absolute Gasteiger partial charge is 0.180 e. The maximum absolute atomic E-state index is 6.17. The van der Waals surface area contributed by atoms with Crippen molar-refractivity contribution in [1.82, 2.24) is 9.88 Å². The van der Waals surface area contributed by atoms with Gasteiger partial charge in [0.1, 0.15) is 0 Å². The van der Waals surface area contributed by atoms with Gasteiger partial charge in [-0.15, -0.1) is 11.3 Å². The molecular weight excluding hydrogens is 424 g/mol. The normalized spacial score (nSPS) is 14.9. The first-order valence-corrected chi connectivity index (χ1v) is 11.9. The number of fused-ring (bicyclic) bond motifs is 1. The molecule has 31 heavy (non-hydrogen) atoms. The number of aromatic nitrogens is 1. The first-order valence-electron chi connectivity index (χ1n) is 10.6. The predicted molar refractivity (Wildman–Crippen MR) is 133 cm³/mol. The van der Waals surface area contributed by atoms with E-state index in [0.717, 1.165) is 55.4 Å². The quantitative estimate of drug-likeness (QED) is 0.434. The van der Waals surface area contributed by atoms with Crippen molar-refractivity contribution in [1.29, 1.82) is 0 Å². The van der Waals surface area contributed by atoms with Crippen LogP contribution in [0.1, 0.15) is 5.56 Å². The molecule has 5 rings (SSSR count). The van der Waals surface area contributed by atoms with Crippen LogP contribution >= 0.6 is 22.9 Å². The van der Waals surface area contributed by atoms with Crippen molar-refractivity contribution in [2.45, 2.75) is 6.42 Å². The second-order valence-electron chi connectivity index (χ2n) is 7.99. The summed E-state index contributed by atoms with van der Waals surface area (Å²) in [6.45, 7) is 5.35. The molecule has 0 bridgehead atoms. The van der Waals surface area contributed by atoms with Crippen LogP contribution in [0.4, 0.5) is 10.8 Å². The van der Waals surface area contributed by atoms with E-state index in [1.54, 1.807) is 0 Å². The Morgan fingerprint density at radius 3 is 2.52 bits per heavy atom. The van der Waals surface area contributed by atoms with Crippen LogP contribution in [0.2, 0.25) is 5.02 Å². The molecule has 6 heteroatoms. The molecule has 0 saturated carbocycles.